The van der Waals surface area contributed by atoms with Gasteiger partial charge >= 0.3 is 5.97 Å². The third kappa shape index (κ3) is 10.6. The molecule has 0 bridgehead atoms. The van der Waals surface area contributed by atoms with Crippen molar-refractivity contribution in [1.82, 2.24) is 4.98 Å². The fraction of sp³-hybridized carbons (Fsp3) is 0.469. The number of rotatable bonds is 17. The van der Waals surface area contributed by atoms with Crippen LogP contribution in [0.5, 0.6) is 17.2 Å². The number of esters is 1. The maximum atomic E-state index is 12.0. The topological polar surface area (TPSA) is 207 Å². The molecular weight excluding hydrogens is 600 g/mol. The van der Waals surface area contributed by atoms with Crippen LogP contribution in [0.15, 0.2) is 30.5 Å². The van der Waals surface area contributed by atoms with Crippen molar-refractivity contribution in [2.45, 2.75) is 79.1 Å². The Morgan fingerprint density at radius 3 is 2.04 bits per heavy atom. The minimum atomic E-state index is -0.940. The molecule has 0 saturated carbocycles. The van der Waals surface area contributed by atoms with E-state index in [1.165, 1.54) is 51.6 Å². The highest BCUT2D eigenvalue weighted by molar-refractivity contribution is 6.00. The van der Waals surface area contributed by atoms with Crippen LogP contribution in [0.25, 0.3) is 10.9 Å². The molecule has 0 spiro atoms. The van der Waals surface area contributed by atoms with Gasteiger partial charge in [0.25, 0.3) is 11.4 Å². The Labute approximate surface area is 267 Å². The van der Waals surface area contributed by atoms with E-state index in [0.717, 1.165) is 25.0 Å². The average Bonchev–Trinajstić information content (AvgIpc) is 3.01. The van der Waals surface area contributed by atoms with E-state index in [-0.39, 0.29) is 29.0 Å². The number of amides is 1. The van der Waals surface area contributed by atoms with Crippen LogP contribution < -0.4 is 15.2 Å². The van der Waals surface area contributed by atoms with Crippen molar-refractivity contribution in [2.24, 2.45) is 5.73 Å². The number of fused-ring (bicyclic) bond motifs is 1. The van der Waals surface area contributed by atoms with Gasteiger partial charge < -0.3 is 25.1 Å². The van der Waals surface area contributed by atoms with Gasteiger partial charge in [0.2, 0.25) is 5.91 Å². The van der Waals surface area contributed by atoms with Crippen LogP contribution in [0.3, 0.4) is 0 Å². The number of nitro groups is 2. The minimum Gasteiger partial charge on any atom is -0.506 e. The van der Waals surface area contributed by atoms with Gasteiger partial charge in [-0.1, -0.05) is 51.9 Å². The number of aromatic hydroxyl groups is 1. The molecule has 0 unspecified atom stereocenters. The Kier molecular flexibility index (Phi) is 15.1. The lowest BCUT2D eigenvalue weighted by molar-refractivity contribution is -0.394. The number of benzene rings is 2. The molecule has 3 aromatic rings. The fourth-order valence-electron chi connectivity index (χ4n) is 4.58. The molecule has 1 heterocycles. The van der Waals surface area contributed by atoms with E-state index in [1.54, 1.807) is 19.1 Å². The summed E-state index contributed by atoms with van der Waals surface area (Å²) in [6.45, 7) is 8.46. The van der Waals surface area contributed by atoms with Gasteiger partial charge in [0.1, 0.15) is 11.3 Å². The average molecular weight is 643 g/mol. The highest BCUT2D eigenvalue weighted by Crippen LogP contribution is 2.37. The molecular formula is C32H42N4O10. The van der Waals surface area contributed by atoms with Gasteiger partial charge in [-0.25, -0.2) is 4.79 Å². The normalized spacial score (nSPS) is 10.5. The second-order valence-corrected chi connectivity index (χ2v) is 10.3. The first-order valence-corrected chi connectivity index (χ1v) is 15.3. The second kappa shape index (κ2) is 18.7. The van der Waals surface area contributed by atoms with Crippen molar-refractivity contribution >= 4 is 34.2 Å². The fourth-order valence-corrected chi connectivity index (χ4v) is 4.58. The van der Waals surface area contributed by atoms with Crippen LogP contribution >= 0.6 is 0 Å². The number of unbranched alkanes of at least 4 members (excludes halogenated alkanes) is 7. The first-order valence-electron chi connectivity index (χ1n) is 15.3. The summed E-state index contributed by atoms with van der Waals surface area (Å²) in [6.07, 6.45) is 11.1. The van der Waals surface area contributed by atoms with Crippen LogP contribution in [-0.2, 0) is 4.74 Å². The van der Waals surface area contributed by atoms with E-state index in [2.05, 4.69) is 11.9 Å². The van der Waals surface area contributed by atoms with Crippen molar-refractivity contribution in [3.05, 3.63) is 67.4 Å². The Morgan fingerprint density at radius 1 is 0.848 bits per heavy atom. The molecule has 2 aromatic carbocycles. The number of carbonyl (C=O) groups excluding carboxylic acids is 2. The lowest BCUT2D eigenvalue weighted by Gasteiger charge is -2.14. The molecule has 3 N–H and O–H groups in total. The first kappa shape index (κ1) is 37.2. The van der Waals surface area contributed by atoms with Gasteiger partial charge in [-0.15, -0.1) is 0 Å². The monoisotopic (exact) mass is 642 g/mol. The second-order valence-electron chi connectivity index (χ2n) is 10.3. The molecule has 0 saturated heterocycles. The van der Waals surface area contributed by atoms with Gasteiger partial charge in [-0.3, -0.25) is 30.0 Å². The summed E-state index contributed by atoms with van der Waals surface area (Å²) < 4.78 is 16.7. The third-order valence-electron chi connectivity index (χ3n) is 6.99. The summed E-state index contributed by atoms with van der Waals surface area (Å²) in [6, 6.07) is 5.14. The summed E-state index contributed by atoms with van der Waals surface area (Å²) in [5, 5.41) is 32.1. The molecule has 14 heteroatoms. The third-order valence-corrected chi connectivity index (χ3v) is 6.99. The van der Waals surface area contributed by atoms with Gasteiger partial charge in [0.05, 0.1) is 46.8 Å². The molecule has 0 radical (unpaired) electrons. The Hall–Kier alpha value is -5.01. The summed E-state index contributed by atoms with van der Waals surface area (Å²) in [4.78, 5) is 46.8. The van der Waals surface area contributed by atoms with Crippen LogP contribution in [-0.4, -0.2) is 51.6 Å². The van der Waals surface area contributed by atoms with Crippen molar-refractivity contribution in [3.8, 4) is 17.2 Å². The number of nitrogens with zero attached hydrogens (tertiary/aromatic N) is 3. The number of primary amides is 1. The van der Waals surface area contributed by atoms with Gasteiger partial charge in [0.15, 0.2) is 11.5 Å². The Balaban J connectivity index is 0.000000387. The molecule has 3 rings (SSSR count). The molecule has 0 atom stereocenters. The smallest absolute Gasteiger partial charge is 0.343 e. The SMILES string of the molecule is CCCCCCCCCCOc1cc2c(O)c(C(=O)OCC)cnc2cc1OCC.Cc1c(C(N)=O)cc([N+](=O)[O-])cc1[N+](=O)[O-]. The standard InChI is InChI=1S/C24H35NO5.C8H7N3O5/c1-4-7-8-9-10-11-12-13-14-30-21-15-18-20(16-22(21)28-5-2)25-17-19(23(18)26)24(27)29-6-3;1-4-6(8(9)12)2-5(10(13)14)3-7(4)11(15)16/h15-17H,4-14H2,1-3H3,(H,25,26);2-3H,1H3,(H2,9,12). The van der Waals surface area contributed by atoms with E-state index in [9.17, 15) is 34.9 Å². The number of ether oxygens (including phenoxy) is 3. The van der Waals surface area contributed by atoms with E-state index in [0.29, 0.717) is 35.6 Å². The number of non-ortho nitro benzene ring substituents is 1. The molecule has 14 nitrogen and oxygen atoms in total. The molecule has 0 aliphatic rings. The van der Waals surface area contributed by atoms with Crippen molar-refractivity contribution in [2.75, 3.05) is 19.8 Å². The first-order chi connectivity index (χ1) is 22.0. The van der Waals surface area contributed by atoms with Gasteiger partial charge in [-0.05, 0) is 33.3 Å². The van der Waals surface area contributed by atoms with E-state index >= 15 is 0 Å². The molecule has 0 fully saturated rings. The van der Waals surface area contributed by atoms with E-state index in [1.807, 2.05) is 6.92 Å². The Bertz CT molecular complexity index is 1490. The number of pyridine rings is 1. The lowest BCUT2D eigenvalue weighted by Crippen LogP contribution is -2.14. The zero-order valence-electron chi connectivity index (χ0n) is 26.7. The van der Waals surface area contributed by atoms with Crippen LogP contribution in [0.4, 0.5) is 11.4 Å². The highest BCUT2D eigenvalue weighted by atomic mass is 16.6. The number of aromatic nitrogens is 1. The van der Waals surface area contributed by atoms with E-state index in [4.69, 9.17) is 19.9 Å². The molecule has 0 aliphatic carbocycles. The van der Waals surface area contributed by atoms with Gasteiger partial charge in [-0.2, -0.15) is 0 Å². The maximum Gasteiger partial charge on any atom is 0.343 e. The van der Waals surface area contributed by atoms with Crippen molar-refractivity contribution in [1.29, 1.82) is 0 Å². The number of nitro benzene ring substituents is 2. The number of carbonyl (C=O) groups is 2. The zero-order valence-corrected chi connectivity index (χ0v) is 26.7. The molecule has 1 aromatic heterocycles. The lowest BCUT2D eigenvalue weighted by atomic mass is 10.1. The zero-order chi connectivity index (χ0) is 34.2. The predicted molar refractivity (Wildman–Crippen MR) is 172 cm³/mol. The Morgan fingerprint density at radius 2 is 1.48 bits per heavy atom. The van der Waals surface area contributed by atoms with Crippen LogP contribution in [0.1, 0.15) is 98.4 Å². The number of nitrogens with two attached hydrogens (primary N) is 1. The largest absolute Gasteiger partial charge is 0.506 e. The van der Waals surface area contributed by atoms with Crippen molar-refractivity contribution in [3.63, 3.8) is 0 Å². The molecule has 250 valence electrons. The van der Waals surface area contributed by atoms with Crippen LogP contribution in [0.2, 0.25) is 0 Å². The molecule has 46 heavy (non-hydrogen) atoms. The summed E-state index contributed by atoms with van der Waals surface area (Å²) in [7, 11) is 0. The summed E-state index contributed by atoms with van der Waals surface area (Å²) in [5.74, 6) is -0.562. The predicted octanol–water partition coefficient (Wildman–Crippen LogP) is 6.95. The van der Waals surface area contributed by atoms with Crippen LogP contribution in [0, 0.1) is 27.2 Å². The van der Waals surface area contributed by atoms with Crippen molar-refractivity contribution < 1.29 is 38.8 Å². The van der Waals surface area contributed by atoms with E-state index < -0.39 is 33.1 Å². The quantitative estimate of drug-likeness (QED) is 0.0666. The molecule has 0 aliphatic heterocycles. The summed E-state index contributed by atoms with van der Waals surface area (Å²) in [5.41, 5.74) is 4.31. The maximum absolute atomic E-state index is 12.0. The van der Waals surface area contributed by atoms with Gasteiger partial charge in [0, 0.05) is 29.3 Å². The highest BCUT2D eigenvalue weighted by Gasteiger charge is 2.23. The minimum absolute atomic E-state index is 0.0168. The summed E-state index contributed by atoms with van der Waals surface area (Å²) >= 11 is 0. The molecule has 1 amide bonds. The number of hydrogen-bond acceptors (Lipinski definition) is 11. The number of hydrogen-bond donors (Lipinski definition) is 2.